The Morgan fingerprint density at radius 2 is 1.75 bits per heavy atom. The van der Waals surface area contributed by atoms with Crippen LogP contribution in [0.25, 0.3) is 0 Å². The third kappa shape index (κ3) is 4.88. The molecule has 2 aliphatic heterocycles. The fraction of sp³-hybridized carbons (Fsp3) is 0.579. The van der Waals surface area contributed by atoms with Crippen LogP contribution in [-0.2, 0) is 9.53 Å². The average Bonchev–Trinajstić information content (AvgIpc) is 2.70. The molecule has 1 atom stereocenters. The summed E-state index contributed by atoms with van der Waals surface area (Å²) in [6.45, 7) is 5.17. The Morgan fingerprint density at radius 3 is 2.39 bits per heavy atom. The van der Waals surface area contributed by atoms with Gasteiger partial charge in [-0.05, 0) is 37.5 Å². The topological polar surface area (TPSA) is 61.9 Å². The molecule has 2 heterocycles. The summed E-state index contributed by atoms with van der Waals surface area (Å²) in [5.74, 6) is -0.482. The number of benzene rings is 1. The van der Waals surface area contributed by atoms with Gasteiger partial charge in [-0.15, -0.1) is 0 Å². The number of carbonyl (C=O) groups is 2. The number of rotatable bonds is 3. The molecule has 1 aromatic rings. The third-order valence-corrected chi connectivity index (χ3v) is 5.92. The van der Waals surface area contributed by atoms with E-state index in [1.807, 2.05) is 4.90 Å². The number of nitrogens with one attached hydrogen (secondary N) is 1. The molecule has 2 fully saturated rings. The van der Waals surface area contributed by atoms with E-state index >= 15 is 0 Å². The first-order valence-corrected chi connectivity index (χ1v) is 10.2. The van der Waals surface area contributed by atoms with Crippen LogP contribution in [0, 0.1) is 11.7 Å². The smallest absolute Gasteiger partial charge is 0.317 e. The number of urea groups is 1. The van der Waals surface area contributed by atoms with Crippen LogP contribution in [0.5, 0.6) is 0 Å². The SMILES string of the molecule is CC(NC(=O)N1CCC(C(=O)N2CCOCC2)CC1)c1cc(F)c(Cl)cc1Cl. The lowest BCUT2D eigenvalue weighted by atomic mass is 9.95. The van der Waals surface area contributed by atoms with Crippen LogP contribution in [0.4, 0.5) is 9.18 Å². The van der Waals surface area contributed by atoms with Crippen LogP contribution in [0.2, 0.25) is 10.0 Å². The summed E-state index contributed by atoms with van der Waals surface area (Å²) >= 11 is 11.8. The summed E-state index contributed by atoms with van der Waals surface area (Å²) in [5.41, 5.74) is 0.467. The molecule has 28 heavy (non-hydrogen) atoms. The molecule has 0 radical (unpaired) electrons. The van der Waals surface area contributed by atoms with Gasteiger partial charge in [0, 0.05) is 37.1 Å². The van der Waals surface area contributed by atoms with E-state index in [0.717, 1.165) is 0 Å². The van der Waals surface area contributed by atoms with Crippen LogP contribution in [0.1, 0.15) is 31.4 Å². The Balaban J connectivity index is 1.52. The van der Waals surface area contributed by atoms with Gasteiger partial charge in [0.15, 0.2) is 0 Å². The Kier molecular flexibility index (Phi) is 7.01. The van der Waals surface area contributed by atoms with E-state index in [-0.39, 0.29) is 22.9 Å². The molecule has 1 N–H and O–H groups in total. The Morgan fingerprint density at radius 1 is 1.11 bits per heavy atom. The quantitative estimate of drug-likeness (QED) is 0.745. The van der Waals surface area contributed by atoms with Gasteiger partial charge in [-0.25, -0.2) is 9.18 Å². The molecule has 6 nitrogen and oxygen atoms in total. The van der Waals surface area contributed by atoms with Crippen LogP contribution in [0.3, 0.4) is 0 Å². The summed E-state index contributed by atoms with van der Waals surface area (Å²) in [6, 6.07) is 1.85. The first-order chi connectivity index (χ1) is 13.4. The maximum atomic E-state index is 13.7. The van der Waals surface area contributed by atoms with Gasteiger partial charge in [0.05, 0.1) is 24.3 Å². The maximum absolute atomic E-state index is 13.7. The Bertz CT molecular complexity index is 735. The number of hydrogen-bond acceptors (Lipinski definition) is 3. The second-order valence-corrected chi connectivity index (χ2v) is 7.97. The van der Waals surface area contributed by atoms with E-state index in [1.165, 1.54) is 12.1 Å². The minimum absolute atomic E-state index is 0.0561. The van der Waals surface area contributed by atoms with Crippen LogP contribution >= 0.6 is 23.2 Å². The highest BCUT2D eigenvalue weighted by Crippen LogP contribution is 2.29. The number of ether oxygens (including phenoxy) is 1. The summed E-state index contributed by atoms with van der Waals surface area (Å²) in [5, 5.41) is 3.09. The van der Waals surface area contributed by atoms with Crippen LogP contribution in [-0.4, -0.2) is 61.1 Å². The van der Waals surface area contributed by atoms with Gasteiger partial charge in [0.2, 0.25) is 5.91 Å². The first-order valence-electron chi connectivity index (χ1n) is 9.43. The second kappa shape index (κ2) is 9.29. The minimum Gasteiger partial charge on any atom is -0.378 e. The normalized spacial score (nSPS) is 19.4. The zero-order chi connectivity index (χ0) is 20.3. The standard InChI is InChI=1S/C19H24Cl2FN3O3/c1-12(14-10-17(22)16(21)11-15(14)20)23-19(27)25-4-2-13(3-5-25)18(26)24-6-8-28-9-7-24/h10-13H,2-9H2,1H3,(H,23,27). The predicted octanol–water partition coefficient (Wildman–Crippen LogP) is 3.47. The summed E-state index contributed by atoms with van der Waals surface area (Å²) in [7, 11) is 0. The molecule has 9 heteroatoms. The third-order valence-electron chi connectivity index (χ3n) is 5.30. The lowest BCUT2D eigenvalue weighted by Crippen LogP contribution is -2.49. The molecule has 2 saturated heterocycles. The van der Waals surface area contributed by atoms with Gasteiger partial charge in [-0.3, -0.25) is 4.79 Å². The van der Waals surface area contributed by atoms with Crippen molar-refractivity contribution < 1.29 is 18.7 Å². The Hall–Kier alpha value is -1.57. The molecule has 1 unspecified atom stereocenters. The average molecular weight is 432 g/mol. The van der Waals surface area contributed by atoms with Gasteiger partial charge in [0.1, 0.15) is 5.82 Å². The van der Waals surface area contributed by atoms with Crippen molar-refractivity contribution in [2.24, 2.45) is 5.92 Å². The van der Waals surface area contributed by atoms with Crippen molar-refractivity contribution in [3.63, 3.8) is 0 Å². The molecule has 2 aliphatic rings. The van der Waals surface area contributed by atoms with Crippen molar-refractivity contribution in [3.05, 3.63) is 33.6 Å². The summed E-state index contributed by atoms with van der Waals surface area (Å²) in [4.78, 5) is 28.7. The lowest BCUT2D eigenvalue weighted by Gasteiger charge is -2.36. The number of amides is 3. The second-order valence-electron chi connectivity index (χ2n) is 7.16. The van der Waals surface area contributed by atoms with Crippen molar-refractivity contribution in [3.8, 4) is 0 Å². The molecule has 1 aromatic carbocycles. The molecule has 0 bridgehead atoms. The fourth-order valence-electron chi connectivity index (χ4n) is 3.60. The van der Waals surface area contributed by atoms with E-state index < -0.39 is 11.9 Å². The molecule has 3 rings (SSSR count). The van der Waals surface area contributed by atoms with Crippen molar-refractivity contribution >= 4 is 35.1 Å². The zero-order valence-electron chi connectivity index (χ0n) is 15.7. The number of piperidine rings is 1. The number of nitrogens with zero attached hydrogens (tertiary/aromatic N) is 2. The highest BCUT2D eigenvalue weighted by atomic mass is 35.5. The lowest BCUT2D eigenvalue weighted by molar-refractivity contribution is -0.141. The highest BCUT2D eigenvalue weighted by Gasteiger charge is 2.31. The predicted molar refractivity (Wildman–Crippen MR) is 105 cm³/mol. The van der Waals surface area contributed by atoms with Crippen LogP contribution < -0.4 is 5.32 Å². The molecular weight excluding hydrogens is 408 g/mol. The molecular formula is C19H24Cl2FN3O3. The summed E-state index contributed by atoms with van der Waals surface area (Å²) < 4.78 is 19.0. The number of likely N-dealkylation sites (tertiary alicyclic amines) is 1. The van der Waals surface area contributed by atoms with Crippen molar-refractivity contribution in [2.75, 3.05) is 39.4 Å². The molecule has 3 amide bonds. The number of carbonyl (C=O) groups excluding carboxylic acids is 2. The van der Waals surface area contributed by atoms with Gasteiger partial charge in [-0.1, -0.05) is 23.2 Å². The molecule has 0 spiro atoms. The van der Waals surface area contributed by atoms with E-state index in [9.17, 15) is 14.0 Å². The minimum atomic E-state index is -0.579. The summed E-state index contributed by atoms with van der Waals surface area (Å²) in [6.07, 6.45) is 1.27. The number of halogens is 3. The van der Waals surface area contributed by atoms with Gasteiger partial charge >= 0.3 is 6.03 Å². The van der Waals surface area contributed by atoms with Crippen LogP contribution in [0.15, 0.2) is 12.1 Å². The van der Waals surface area contributed by atoms with E-state index in [2.05, 4.69) is 5.32 Å². The van der Waals surface area contributed by atoms with Crippen molar-refractivity contribution in [1.29, 1.82) is 0 Å². The Labute approximate surface area is 173 Å². The van der Waals surface area contributed by atoms with Crippen molar-refractivity contribution in [1.82, 2.24) is 15.1 Å². The molecule has 0 aliphatic carbocycles. The van der Waals surface area contributed by atoms with Gasteiger partial charge in [0.25, 0.3) is 0 Å². The van der Waals surface area contributed by atoms with Gasteiger partial charge < -0.3 is 19.9 Å². The maximum Gasteiger partial charge on any atom is 0.317 e. The molecule has 0 aromatic heterocycles. The van der Waals surface area contributed by atoms with E-state index in [4.69, 9.17) is 27.9 Å². The number of morpholine rings is 1. The monoisotopic (exact) mass is 431 g/mol. The van der Waals surface area contributed by atoms with Crippen molar-refractivity contribution in [2.45, 2.75) is 25.8 Å². The van der Waals surface area contributed by atoms with E-state index in [0.29, 0.717) is 62.8 Å². The van der Waals surface area contributed by atoms with E-state index in [1.54, 1.807) is 11.8 Å². The molecule has 0 saturated carbocycles. The zero-order valence-corrected chi connectivity index (χ0v) is 17.2. The van der Waals surface area contributed by atoms with Gasteiger partial charge in [-0.2, -0.15) is 0 Å². The first kappa shape index (κ1) is 21.1. The highest BCUT2D eigenvalue weighted by molar-refractivity contribution is 6.35. The number of hydrogen-bond donors (Lipinski definition) is 1. The largest absolute Gasteiger partial charge is 0.378 e. The molecule has 154 valence electrons. The fourth-order valence-corrected chi connectivity index (χ4v) is 4.14.